The minimum absolute atomic E-state index is 0.0108. The van der Waals surface area contributed by atoms with Gasteiger partial charge in [-0.25, -0.2) is 4.79 Å². The third-order valence-electron chi connectivity index (χ3n) is 4.29. The Morgan fingerprint density at radius 1 is 0.806 bits per heavy atom. The molecule has 2 aromatic heterocycles. The summed E-state index contributed by atoms with van der Waals surface area (Å²) in [6.07, 6.45) is 2.80. The van der Waals surface area contributed by atoms with Gasteiger partial charge in [-0.3, -0.25) is 15.3 Å². The number of carbonyl (C=O) groups is 1. The first-order chi connectivity index (χ1) is 14.4. The van der Waals surface area contributed by atoms with E-state index in [9.17, 15) is 4.79 Å². The summed E-state index contributed by atoms with van der Waals surface area (Å²) in [7, 11) is 0. The number of nitrogen functional groups attached to an aromatic ring is 1. The summed E-state index contributed by atoms with van der Waals surface area (Å²) in [5, 5.41) is 2.65. The van der Waals surface area contributed by atoms with E-state index < -0.39 is 6.09 Å². The minimum atomic E-state index is -0.526. The van der Waals surface area contributed by atoms with Crippen LogP contribution >= 0.6 is 0 Å². The number of pyridine rings is 2. The van der Waals surface area contributed by atoms with Crippen LogP contribution in [0, 0.1) is 0 Å². The number of ether oxygens (including phenoxy) is 1. The lowest BCUT2D eigenvalue weighted by Crippen LogP contribution is -2.18. The second kappa shape index (κ2) is 10.1. The zero-order valence-corrected chi connectivity index (χ0v) is 19.1. The van der Waals surface area contributed by atoms with E-state index in [1.807, 2.05) is 42.5 Å². The van der Waals surface area contributed by atoms with Crippen LogP contribution in [0.3, 0.4) is 0 Å². The Labute approximate surface area is 184 Å². The van der Waals surface area contributed by atoms with E-state index >= 15 is 0 Å². The Hall–Kier alpha value is -3.41. The van der Waals surface area contributed by atoms with Gasteiger partial charge in [-0.05, 0) is 36.4 Å². The number of carbonyl (C=O) groups excluding carboxylic acids is 1. The predicted octanol–water partition coefficient (Wildman–Crippen LogP) is 5.95. The second-order valence-corrected chi connectivity index (χ2v) is 9.24. The van der Waals surface area contributed by atoms with Crippen molar-refractivity contribution in [3.05, 3.63) is 78.4 Å². The fraction of sp³-hybridized carbons (Fsp3) is 0.320. The summed E-state index contributed by atoms with van der Waals surface area (Å²) >= 11 is 0. The van der Waals surface area contributed by atoms with Crippen molar-refractivity contribution in [2.45, 2.75) is 52.4 Å². The van der Waals surface area contributed by atoms with Crippen LogP contribution in [0.5, 0.6) is 5.75 Å². The molecule has 0 radical (unpaired) electrons. The molecule has 1 aromatic carbocycles. The Bertz CT molecular complexity index is 956. The van der Waals surface area contributed by atoms with Gasteiger partial charge in [-0.15, -0.1) is 0 Å². The molecule has 1 amide bonds. The van der Waals surface area contributed by atoms with Gasteiger partial charge in [-0.2, -0.15) is 0 Å². The Kier molecular flexibility index (Phi) is 7.75. The molecule has 0 bridgehead atoms. The Morgan fingerprint density at radius 3 is 1.81 bits per heavy atom. The lowest BCUT2D eigenvalue weighted by atomic mass is 9.92. The number of aromatic nitrogens is 2. The van der Waals surface area contributed by atoms with Gasteiger partial charge in [0.2, 0.25) is 0 Å². The van der Waals surface area contributed by atoms with Gasteiger partial charge in [0, 0.05) is 22.2 Å². The van der Waals surface area contributed by atoms with Crippen LogP contribution in [-0.2, 0) is 10.8 Å². The molecule has 6 nitrogen and oxygen atoms in total. The summed E-state index contributed by atoms with van der Waals surface area (Å²) in [5.74, 6) is 0.504. The number of nitrogens with one attached hydrogen (secondary N) is 1. The van der Waals surface area contributed by atoms with E-state index in [0.717, 1.165) is 17.1 Å². The molecule has 0 unspecified atom stereocenters. The first-order valence-corrected chi connectivity index (χ1v) is 10.2. The van der Waals surface area contributed by atoms with E-state index in [0.29, 0.717) is 11.4 Å². The van der Waals surface area contributed by atoms with Crippen LogP contribution < -0.4 is 15.8 Å². The van der Waals surface area contributed by atoms with Gasteiger partial charge < -0.3 is 10.5 Å². The van der Waals surface area contributed by atoms with Crippen molar-refractivity contribution in [3.8, 4) is 5.75 Å². The minimum Gasteiger partial charge on any atom is -0.410 e. The van der Waals surface area contributed by atoms with Crippen molar-refractivity contribution in [3.63, 3.8) is 0 Å². The number of rotatable bonds is 2. The zero-order valence-electron chi connectivity index (χ0n) is 19.1. The zero-order chi connectivity index (χ0) is 23.1. The van der Waals surface area contributed by atoms with E-state index in [4.69, 9.17) is 10.5 Å². The number of hydrogen-bond donors (Lipinski definition) is 2. The number of amides is 1. The number of hydrogen-bond acceptors (Lipinski definition) is 5. The molecule has 0 atom stereocenters. The maximum absolute atomic E-state index is 11.7. The summed E-state index contributed by atoms with van der Waals surface area (Å²) in [5.41, 5.74) is 8.99. The summed E-state index contributed by atoms with van der Waals surface area (Å²) in [6, 6.07) is 16.5. The topological polar surface area (TPSA) is 90.1 Å². The molecule has 0 fully saturated rings. The van der Waals surface area contributed by atoms with Gasteiger partial charge in [0.25, 0.3) is 0 Å². The lowest BCUT2D eigenvalue weighted by Gasteiger charge is -2.17. The standard InChI is InChI=1S/C16H18N2O2.C9H14N2/c1-16(2,3)14-10-9-12(11-17-14)18-15(19)20-13-7-5-4-6-8-13;1-9(2,3)8-5-4-7(10)6-11-8/h4-11H,1-3H3,(H,18,19);4-6H,10H2,1-3H3. The quantitative estimate of drug-likeness (QED) is 0.534. The third-order valence-corrected chi connectivity index (χ3v) is 4.29. The van der Waals surface area contributed by atoms with Gasteiger partial charge in [0.1, 0.15) is 5.75 Å². The highest BCUT2D eigenvalue weighted by molar-refractivity contribution is 5.86. The molecule has 164 valence electrons. The molecule has 2 heterocycles. The molecule has 3 rings (SSSR count). The molecule has 6 heteroatoms. The van der Waals surface area contributed by atoms with Crippen molar-refractivity contribution < 1.29 is 9.53 Å². The molecule has 0 aliphatic rings. The van der Waals surface area contributed by atoms with E-state index in [1.54, 1.807) is 24.5 Å². The van der Waals surface area contributed by atoms with Gasteiger partial charge >= 0.3 is 6.09 Å². The summed E-state index contributed by atoms with van der Waals surface area (Å²) in [6.45, 7) is 12.7. The highest BCUT2D eigenvalue weighted by atomic mass is 16.6. The molecule has 0 aliphatic carbocycles. The maximum Gasteiger partial charge on any atom is 0.417 e. The van der Waals surface area contributed by atoms with Crippen molar-refractivity contribution in [1.29, 1.82) is 0 Å². The van der Waals surface area contributed by atoms with Gasteiger partial charge in [-0.1, -0.05) is 59.7 Å². The first-order valence-electron chi connectivity index (χ1n) is 10.2. The van der Waals surface area contributed by atoms with Crippen LogP contribution in [0.2, 0.25) is 0 Å². The third kappa shape index (κ3) is 8.09. The van der Waals surface area contributed by atoms with Crippen molar-refractivity contribution in [1.82, 2.24) is 9.97 Å². The Morgan fingerprint density at radius 2 is 1.35 bits per heavy atom. The summed E-state index contributed by atoms with van der Waals surface area (Å²) in [4.78, 5) is 20.3. The fourth-order valence-electron chi connectivity index (χ4n) is 2.50. The number of benzene rings is 1. The number of nitrogens with two attached hydrogens (primary N) is 1. The van der Waals surface area contributed by atoms with Gasteiger partial charge in [0.05, 0.1) is 23.8 Å². The highest BCUT2D eigenvalue weighted by Gasteiger charge is 2.15. The molecule has 3 aromatic rings. The monoisotopic (exact) mass is 420 g/mol. The Balaban J connectivity index is 0.000000262. The smallest absolute Gasteiger partial charge is 0.410 e. The van der Waals surface area contributed by atoms with E-state index in [-0.39, 0.29) is 10.8 Å². The normalized spacial score (nSPS) is 11.2. The highest BCUT2D eigenvalue weighted by Crippen LogP contribution is 2.21. The van der Waals surface area contributed by atoms with Crippen molar-refractivity contribution >= 4 is 17.5 Å². The van der Waals surface area contributed by atoms with Crippen LogP contribution in [0.25, 0.3) is 0 Å². The molecule has 31 heavy (non-hydrogen) atoms. The van der Waals surface area contributed by atoms with Crippen LogP contribution in [0.4, 0.5) is 16.2 Å². The SMILES string of the molecule is CC(C)(C)c1ccc(N)cn1.CC(C)(C)c1ccc(NC(=O)Oc2ccccc2)cn1. The van der Waals surface area contributed by atoms with Crippen molar-refractivity contribution in [2.75, 3.05) is 11.1 Å². The number of nitrogens with zero attached hydrogens (tertiary/aromatic N) is 2. The molecule has 3 N–H and O–H groups in total. The van der Waals surface area contributed by atoms with Crippen molar-refractivity contribution in [2.24, 2.45) is 0 Å². The maximum atomic E-state index is 11.7. The molecular formula is C25H32N4O2. The van der Waals surface area contributed by atoms with Gasteiger partial charge in [0.15, 0.2) is 0 Å². The molecule has 0 saturated carbocycles. The summed E-state index contributed by atoms with van der Waals surface area (Å²) < 4.78 is 5.14. The van der Waals surface area contributed by atoms with Crippen LogP contribution in [-0.4, -0.2) is 16.1 Å². The van der Waals surface area contributed by atoms with Crippen LogP contribution in [0.15, 0.2) is 67.0 Å². The number of anilines is 2. The fourth-order valence-corrected chi connectivity index (χ4v) is 2.50. The van der Waals surface area contributed by atoms with E-state index in [1.165, 1.54) is 0 Å². The number of para-hydroxylation sites is 1. The molecule has 0 spiro atoms. The average Bonchev–Trinajstić information content (AvgIpc) is 2.68. The molecular weight excluding hydrogens is 388 g/mol. The lowest BCUT2D eigenvalue weighted by molar-refractivity contribution is 0.215. The first kappa shape index (κ1) is 23.9. The molecule has 0 aliphatic heterocycles. The second-order valence-electron chi connectivity index (χ2n) is 9.24. The molecule has 0 saturated heterocycles. The van der Waals surface area contributed by atoms with Crippen LogP contribution in [0.1, 0.15) is 52.9 Å². The average molecular weight is 421 g/mol. The van der Waals surface area contributed by atoms with E-state index in [2.05, 4.69) is 56.8 Å². The largest absolute Gasteiger partial charge is 0.417 e. The predicted molar refractivity (Wildman–Crippen MR) is 126 cm³/mol.